The summed E-state index contributed by atoms with van der Waals surface area (Å²) in [6, 6.07) is 17.7. The molecular weight excluding hydrogens is 355 g/mol. The first-order valence-corrected chi connectivity index (χ1v) is 9.70. The van der Waals surface area contributed by atoms with E-state index in [9.17, 15) is 9.18 Å². The summed E-state index contributed by atoms with van der Waals surface area (Å²) in [6.45, 7) is 6.63. The van der Waals surface area contributed by atoms with Crippen LogP contribution in [0.1, 0.15) is 17.4 Å². The Morgan fingerprint density at radius 3 is 2.39 bits per heavy atom. The standard InChI is InChI=1S/C22H23FN4O/c1-2-25-12-14-26(15-13-25)22(28)21-16-20(17-6-4-3-5-7-17)24-27(21)19-10-8-18(23)9-11-19/h3-11,16H,2,12-15H2,1H3/p+1. The van der Waals surface area contributed by atoms with E-state index in [1.165, 1.54) is 17.0 Å². The molecule has 5 nitrogen and oxygen atoms in total. The predicted octanol–water partition coefficient (Wildman–Crippen LogP) is 2.04. The van der Waals surface area contributed by atoms with Gasteiger partial charge in [0, 0.05) is 5.56 Å². The number of aromatic nitrogens is 2. The average molecular weight is 379 g/mol. The normalized spacial score (nSPS) is 15.0. The molecule has 2 aromatic carbocycles. The fourth-order valence-corrected chi connectivity index (χ4v) is 3.60. The smallest absolute Gasteiger partial charge is 0.273 e. The zero-order valence-electron chi connectivity index (χ0n) is 15.9. The maximum absolute atomic E-state index is 13.4. The van der Waals surface area contributed by atoms with Crippen LogP contribution in [0, 0.1) is 5.82 Å². The number of amides is 1. The molecule has 0 radical (unpaired) electrons. The van der Waals surface area contributed by atoms with E-state index in [4.69, 9.17) is 0 Å². The molecule has 144 valence electrons. The van der Waals surface area contributed by atoms with Gasteiger partial charge in [-0.15, -0.1) is 0 Å². The van der Waals surface area contributed by atoms with Gasteiger partial charge < -0.3 is 9.80 Å². The summed E-state index contributed by atoms with van der Waals surface area (Å²) in [4.78, 5) is 16.7. The Kier molecular flexibility index (Phi) is 5.21. The molecule has 0 aliphatic carbocycles. The molecule has 1 aliphatic heterocycles. The van der Waals surface area contributed by atoms with Crippen LogP contribution in [0.2, 0.25) is 0 Å². The minimum atomic E-state index is -0.314. The molecule has 2 heterocycles. The second-order valence-electron chi connectivity index (χ2n) is 7.06. The van der Waals surface area contributed by atoms with Gasteiger partial charge in [0.25, 0.3) is 5.91 Å². The first-order chi connectivity index (χ1) is 13.7. The number of halogens is 1. The summed E-state index contributed by atoms with van der Waals surface area (Å²) in [7, 11) is 0. The summed E-state index contributed by atoms with van der Waals surface area (Å²) in [5.74, 6) is -0.347. The minimum absolute atomic E-state index is 0.0332. The van der Waals surface area contributed by atoms with E-state index >= 15 is 0 Å². The summed E-state index contributed by atoms with van der Waals surface area (Å²) < 4.78 is 15.0. The van der Waals surface area contributed by atoms with Crippen molar-refractivity contribution in [2.75, 3.05) is 32.7 Å². The van der Waals surface area contributed by atoms with Gasteiger partial charge in [0.05, 0.1) is 44.1 Å². The van der Waals surface area contributed by atoms with Crippen molar-refractivity contribution in [3.8, 4) is 16.9 Å². The number of carbonyl (C=O) groups is 1. The molecule has 3 aromatic rings. The lowest BCUT2D eigenvalue weighted by atomic mass is 10.1. The van der Waals surface area contributed by atoms with Crippen LogP contribution in [0.25, 0.3) is 16.9 Å². The van der Waals surface area contributed by atoms with Gasteiger partial charge in [-0.05, 0) is 37.3 Å². The molecule has 1 aliphatic rings. The van der Waals surface area contributed by atoms with E-state index in [0.717, 1.165) is 44.0 Å². The molecule has 1 aromatic heterocycles. The van der Waals surface area contributed by atoms with Crippen LogP contribution in [-0.2, 0) is 0 Å². The topological polar surface area (TPSA) is 42.6 Å². The van der Waals surface area contributed by atoms with Gasteiger partial charge in [-0.3, -0.25) is 4.79 Å². The monoisotopic (exact) mass is 379 g/mol. The molecule has 1 saturated heterocycles. The number of piperazine rings is 1. The van der Waals surface area contributed by atoms with Gasteiger partial charge in [-0.25, -0.2) is 9.07 Å². The van der Waals surface area contributed by atoms with E-state index < -0.39 is 0 Å². The fourth-order valence-electron chi connectivity index (χ4n) is 3.60. The van der Waals surface area contributed by atoms with Crippen LogP contribution in [0.15, 0.2) is 60.7 Å². The number of hydrogen-bond acceptors (Lipinski definition) is 2. The minimum Gasteiger partial charge on any atom is -0.332 e. The number of likely N-dealkylation sites (N-methyl/N-ethyl adjacent to an activating group) is 1. The van der Waals surface area contributed by atoms with E-state index in [1.54, 1.807) is 16.8 Å². The van der Waals surface area contributed by atoms with Crippen molar-refractivity contribution in [2.45, 2.75) is 6.92 Å². The van der Waals surface area contributed by atoms with Crippen molar-refractivity contribution >= 4 is 5.91 Å². The molecule has 0 bridgehead atoms. The Balaban J connectivity index is 1.71. The Labute approximate surface area is 164 Å². The van der Waals surface area contributed by atoms with E-state index in [2.05, 4.69) is 12.0 Å². The Morgan fingerprint density at radius 1 is 1.07 bits per heavy atom. The SMILES string of the molecule is CC[NH+]1CCN(C(=O)c2cc(-c3ccccc3)nn2-c2ccc(F)cc2)CC1. The third-order valence-corrected chi connectivity index (χ3v) is 5.33. The maximum Gasteiger partial charge on any atom is 0.273 e. The first kappa shape index (κ1) is 18.4. The summed E-state index contributed by atoms with van der Waals surface area (Å²) >= 11 is 0. The number of carbonyl (C=O) groups excluding carboxylic acids is 1. The number of hydrogen-bond donors (Lipinski definition) is 1. The van der Waals surface area contributed by atoms with E-state index in [0.29, 0.717) is 11.4 Å². The molecule has 1 amide bonds. The van der Waals surface area contributed by atoms with Crippen LogP contribution in [-0.4, -0.2) is 53.3 Å². The van der Waals surface area contributed by atoms with Gasteiger partial charge in [0.2, 0.25) is 0 Å². The zero-order chi connectivity index (χ0) is 19.5. The molecule has 0 atom stereocenters. The Bertz CT molecular complexity index is 944. The van der Waals surface area contributed by atoms with E-state index in [-0.39, 0.29) is 11.7 Å². The highest BCUT2D eigenvalue weighted by Gasteiger charge is 2.27. The quantitative estimate of drug-likeness (QED) is 0.754. The molecule has 28 heavy (non-hydrogen) atoms. The Hall–Kier alpha value is -2.99. The lowest BCUT2D eigenvalue weighted by Gasteiger charge is -2.31. The number of nitrogens with zero attached hydrogens (tertiary/aromatic N) is 3. The van der Waals surface area contributed by atoms with Gasteiger partial charge >= 0.3 is 0 Å². The Morgan fingerprint density at radius 2 is 1.75 bits per heavy atom. The molecule has 1 fully saturated rings. The van der Waals surface area contributed by atoms with Crippen LogP contribution >= 0.6 is 0 Å². The van der Waals surface area contributed by atoms with Crippen molar-refractivity contribution in [2.24, 2.45) is 0 Å². The third-order valence-electron chi connectivity index (χ3n) is 5.33. The molecule has 0 saturated carbocycles. The summed E-state index contributed by atoms with van der Waals surface area (Å²) in [5.41, 5.74) is 2.85. The van der Waals surface area contributed by atoms with Gasteiger partial charge in [0.1, 0.15) is 11.5 Å². The highest BCUT2D eigenvalue weighted by molar-refractivity contribution is 5.94. The van der Waals surface area contributed by atoms with Crippen molar-refractivity contribution < 1.29 is 14.1 Å². The first-order valence-electron chi connectivity index (χ1n) is 9.70. The highest BCUT2D eigenvalue weighted by Crippen LogP contribution is 2.23. The van der Waals surface area contributed by atoms with Gasteiger partial charge in [-0.2, -0.15) is 5.10 Å². The maximum atomic E-state index is 13.4. The highest BCUT2D eigenvalue weighted by atomic mass is 19.1. The van der Waals surface area contributed by atoms with Crippen molar-refractivity contribution in [1.29, 1.82) is 0 Å². The van der Waals surface area contributed by atoms with Crippen LogP contribution in [0.5, 0.6) is 0 Å². The number of quaternary nitrogens is 1. The average Bonchev–Trinajstić information content (AvgIpc) is 3.20. The van der Waals surface area contributed by atoms with Crippen LogP contribution in [0.3, 0.4) is 0 Å². The molecule has 0 unspecified atom stereocenters. The van der Waals surface area contributed by atoms with Gasteiger partial charge in [0.15, 0.2) is 0 Å². The lowest BCUT2D eigenvalue weighted by Crippen LogP contribution is -3.14. The third kappa shape index (κ3) is 3.68. The lowest BCUT2D eigenvalue weighted by molar-refractivity contribution is -0.902. The summed E-state index contributed by atoms with van der Waals surface area (Å²) in [6.07, 6.45) is 0. The van der Waals surface area contributed by atoms with Crippen LogP contribution in [0.4, 0.5) is 4.39 Å². The zero-order valence-corrected chi connectivity index (χ0v) is 15.9. The molecule has 4 rings (SSSR count). The van der Waals surface area contributed by atoms with Crippen molar-refractivity contribution in [3.63, 3.8) is 0 Å². The molecular formula is C22H24FN4O+. The van der Waals surface area contributed by atoms with E-state index in [1.807, 2.05) is 41.3 Å². The van der Waals surface area contributed by atoms with Gasteiger partial charge in [-0.1, -0.05) is 30.3 Å². The number of nitrogens with one attached hydrogen (secondary N) is 1. The van der Waals surface area contributed by atoms with Crippen molar-refractivity contribution in [3.05, 3.63) is 72.2 Å². The summed E-state index contributed by atoms with van der Waals surface area (Å²) in [5, 5.41) is 4.67. The molecule has 0 spiro atoms. The number of rotatable bonds is 4. The second-order valence-corrected chi connectivity index (χ2v) is 7.06. The second kappa shape index (κ2) is 7.94. The molecule has 6 heteroatoms. The fraction of sp³-hybridized carbons (Fsp3) is 0.273. The van der Waals surface area contributed by atoms with Crippen LogP contribution < -0.4 is 4.90 Å². The molecule has 1 N–H and O–H groups in total. The number of benzene rings is 2. The largest absolute Gasteiger partial charge is 0.332 e. The predicted molar refractivity (Wildman–Crippen MR) is 106 cm³/mol. The van der Waals surface area contributed by atoms with Crippen molar-refractivity contribution in [1.82, 2.24) is 14.7 Å².